The lowest BCUT2D eigenvalue weighted by Gasteiger charge is -2.12. The van der Waals surface area contributed by atoms with E-state index >= 15 is 0 Å². The first-order valence-electron chi connectivity index (χ1n) is 6.81. The van der Waals surface area contributed by atoms with E-state index in [1.807, 2.05) is 49.4 Å². The Balaban J connectivity index is 2.30. The molecule has 3 heteroatoms. The molecular formula is C18H15NO2. The molecule has 104 valence electrons. The molecular weight excluding hydrogens is 262 g/mol. The highest BCUT2D eigenvalue weighted by Gasteiger charge is 2.21. The van der Waals surface area contributed by atoms with Crippen LogP contribution in [0.2, 0.25) is 0 Å². The average Bonchev–Trinajstić information content (AvgIpc) is 2.70. The highest BCUT2D eigenvalue weighted by molar-refractivity contribution is 5.88. The van der Waals surface area contributed by atoms with E-state index in [2.05, 4.69) is 6.07 Å². The van der Waals surface area contributed by atoms with Crippen molar-refractivity contribution < 1.29 is 9.84 Å². The van der Waals surface area contributed by atoms with Gasteiger partial charge in [0, 0.05) is 16.7 Å². The summed E-state index contributed by atoms with van der Waals surface area (Å²) < 4.78 is 5.89. The third-order valence-corrected chi connectivity index (χ3v) is 3.71. The number of aliphatic hydroxyl groups is 1. The Morgan fingerprint density at radius 3 is 2.81 bits per heavy atom. The van der Waals surface area contributed by atoms with Gasteiger partial charge in [0.2, 0.25) is 0 Å². The van der Waals surface area contributed by atoms with Gasteiger partial charge in [-0.3, -0.25) is 0 Å². The summed E-state index contributed by atoms with van der Waals surface area (Å²) >= 11 is 0. The number of rotatable bonds is 1. The van der Waals surface area contributed by atoms with Gasteiger partial charge in [-0.05, 0) is 29.7 Å². The summed E-state index contributed by atoms with van der Waals surface area (Å²) in [6.45, 7) is 2.25. The van der Waals surface area contributed by atoms with Crippen molar-refractivity contribution >= 4 is 5.57 Å². The monoisotopic (exact) mass is 277 g/mol. The summed E-state index contributed by atoms with van der Waals surface area (Å²) in [5.41, 5.74) is 5.36. The molecule has 0 aromatic heterocycles. The zero-order chi connectivity index (χ0) is 14.8. The maximum atomic E-state index is 9.34. The van der Waals surface area contributed by atoms with Crippen LogP contribution in [-0.4, -0.2) is 5.11 Å². The summed E-state index contributed by atoms with van der Waals surface area (Å²) in [4.78, 5) is 0. The summed E-state index contributed by atoms with van der Waals surface area (Å²) in [5, 5.41) is 18.6. The first-order chi connectivity index (χ1) is 10.2. The molecule has 0 aliphatic carbocycles. The van der Waals surface area contributed by atoms with E-state index in [1.165, 1.54) is 0 Å². The molecule has 0 fully saturated rings. The lowest BCUT2D eigenvalue weighted by molar-refractivity contribution is 0.278. The molecule has 1 N–H and O–H groups in total. The number of aliphatic hydroxyl groups excluding tert-OH is 1. The van der Waals surface area contributed by atoms with Crippen LogP contribution in [0.3, 0.4) is 0 Å². The topological polar surface area (TPSA) is 53.2 Å². The largest absolute Gasteiger partial charge is 0.488 e. The summed E-state index contributed by atoms with van der Waals surface area (Å²) in [5.74, 6) is 0.711. The normalized spacial score (nSPS) is 15.1. The second-order valence-electron chi connectivity index (χ2n) is 5.05. The van der Waals surface area contributed by atoms with Crippen molar-refractivity contribution in [3.05, 3.63) is 70.3 Å². The van der Waals surface area contributed by atoms with Crippen molar-refractivity contribution in [2.75, 3.05) is 0 Å². The van der Waals surface area contributed by atoms with Crippen LogP contribution < -0.4 is 4.74 Å². The fourth-order valence-corrected chi connectivity index (χ4v) is 2.64. The van der Waals surface area contributed by atoms with Crippen LogP contribution >= 0.6 is 0 Å². The standard InChI is InChI=1S/C18H15NO2/c1-12(9-19)18-15-5-3-2-4-14(15)11-21-17-8-13(10-20)6-7-16(17)18/h2-8,20H,10-11H2,1H3/b18-12-. The minimum atomic E-state index is -0.0279. The predicted molar refractivity (Wildman–Crippen MR) is 80.4 cm³/mol. The van der Waals surface area contributed by atoms with E-state index in [1.54, 1.807) is 0 Å². The van der Waals surface area contributed by atoms with Crippen molar-refractivity contribution in [2.45, 2.75) is 20.1 Å². The fraction of sp³-hybridized carbons (Fsp3) is 0.167. The maximum absolute atomic E-state index is 9.34. The quantitative estimate of drug-likeness (QED) is 0.813. The van der Waals surface area contributed by atoms with Crippen LogP contribution in [0.5, 0.6) is 5.75 Å². The third kappa shape index (κ3) is 2.31. The molecule has 0 spiro atoms. The molecule has 1 aliphatic rings. The highest BCUT2D eigenvalue weighted by atomic mass is 16.5. The number of benzene rings is 2. The Morgan fingerprint density at radius 1 is 1.24 bits per heavy atom. The zero-order valence-electron chi connectivity index (χ0n) is 11.8. The van der Waals surface area contributed by atoms with Crippen LogP contribution in [0.15, 0.2) is 48.0 Å². The number of fused-ring (bicyclic) bond motifs is 2. The van der Waals surface area contributed by atoms with Crippen molar-refractivity contribution in [3.8, 4) is 11.8 Å². The number of ether oxygens (including phenoxy) is 1. The van der Waals surface area contributed by atoms with Gasteiger partial charge in [0.25, 0.3) is 0 Å². The molecule has 0 unspecified atom stereocenters. The Kier molecular flexibility index (Phi) is 3.47. The van der Waals surface area contributed by atoms with Crippen molar-refractivity contribution in [3.63, 3.8) is 0 Å². The molecule has 3 nitrogen and oxygen atoms in total. The molecule has 0 amide bonds. The van der Waals surface area contributed by atoms with Crippen LogP contribution in [0.25, 0.3) is 5.57 Å². The molecule has 0 bridgehead atoms. The molecule has 0 radical (unpaired) electrons. The van der Waals surface area contributed by atoms with Gasteiger partial charge >= 0.3 is 0 Å². The Labute approximate surface area is 123 Å². The molecule has 2 aromatic carbocycles. The zero-order valence-corrected chi connectivity index (χ0v) is 11.8. The fourth-order valence-electron chi connectivity index (χ4n) is 2.64. The lowest BCUT2D eigenvalue weighted by Crippen LogP contribution is -1.95. The minimum absolute atomic E-state index is 0.0279. The van der Waals surface area contributed by atoms with Gasteiger partial charge in [0.05, 0.1) is 12.7 Å². The lowest BCUT2D eigenvalue weighted by atomic mass is 9.90. The number of nitrogens with zero attached hydrogens (tertiary/aromatic N) is 1. The molecule has 1 heterocycles. The van der Waals surface area contributed by atoms with E-state index in [-0.39, 0.29) is 6.61 Å². The maximum Gasteiger partial charge on any atom is 0.128 e. The van der Waals surface area contributed by atoms with Crippen LogP contribution in [0.4, 0.5) is 0 Å². The van der Waals surface area contributed by atoms with Gasteiger partial charge in [-0.25, -0.2) is 0 Å². The summed E-state index contributed by atoms with van der Waals surface area (Å²) in [6, 6.07) is 15.8. The van der Waals surface area contributed by atoms with Crippen LogP contribution in [0, 0.1) is 11.3 Å². The second-order valence-corrected chi connectivity index (χ2v) is 5.05. The van der Waals surface area contributed by atoms with Crippen molar-refractivity contribution in [1.82, 2.24) is 0 Å². The van der Waals surface area contributed by atoms with Gasteiger partial charge < -0.3 is 9.84 Å². The molecule has 21 heavy (non-hydrogen) atoms. The SMILES string of the molecule is C/C(C#N)=C1\c2ccccc2COc2cc(CO)ccc21. The van der Waals surface area contributed by atoms with E-state index in [4.69, 9.17) is 4.74 Å². The first kappa shape index (κ1) is 13.4. The third-order valence-electron chi connectivity index (χ3n) is 3.71. The Morgan fingerprint density at radius 2 is 2.05 bits per heavy atom. The number of hydrogen-bond donors (Lipinski definition) is 1. The van der Waals surface area contributed by atoms with Gasteiger partial charge in [-0.2, -0.15) is 5.26 Å². The molecule has 0 atom stereocenters. The number of nitriles is 1. The molecule has 0 saturated heterocycles. The Hall–Kier alpha value is -2.57. The van der Waals surface area contributed by atoms with Crippen LogP contribution in [-0.2, 0) is 13.2 Å². The van der Waals surface area contributed by atoms with Gasteiger partial charge in [-0.15, -0.1) is 0 Å². The van der Waals surface area contributed by atoms with Gasteiger partial charge in [0.15, 0.2) is 0 Å². The molecule has 1 aliphatic heterocycles. The number of hydrogen-bond acceptors (Lipinski definition) is 3. The smallest absolute Gasteiger partial charge is 0.128 e. The average molecular weight is 277 g/mol. The number of allylic oxidation sites excluding steroid dienone is 1. The predicted octanol–water partition coefficient (Wildman–Crippen LogP) is 3.42. The minimum Gasteiger partial charge on any atom is -0.488 e. The van der Waals surface area contributed by atoms with E-state index < -0.39 is 0 Å². The summed E-state index contributed by atoms with van der Waals surface area (Å²) in [6.07, 6.45) is 0. The van der Waals surface area contributed by atoms with E-state index in [0.717, 1.165) is 27.8 Å². The molecule has 0 saturated carbocycles. The first-order valence-corrected chi connectivity index (χ1v) is 6.81. The second kappa shape index (κ2) is 5.43. The van der Waals surface area contributed by atoms with Crippen LogP contribution in [0.1, 0.15) is 29.2 Å². The molecule has 3 rings (SSSR count). The van der Waals surface area contributed by atoms with Gasteiger partial charge in [-0.1, -0.05) is 36.4 Å². The van der Waals surface area contributed by atoms with Crippen molar-refractivity contribution in [2.24, 2.45) is 0 Å². The van der Waals surface area contributed by atoms with Gasteiger partial charge in [0.1, 0.15) is 12.4 Å². The van der Waals surface area contributed by atoms with Crippen molar-refractivity contribution in [1.29, 1.82) is 5.26 Å². The van der Waals surface area contributed by atoms with E-state index in [9.17, 15) is 10.4 Å². The summed E-state index contributed by atoms with van der Waals surface area (Å²) in [7, 11) is 0. The highest BCUT2D eigenvalue weighted by Crippen LogP contribution is 2.38. The Bertz CT molecular complexity index is 769. The molecule has 2 aromatic rings. The van der Waals surface area contributed by atoms with E-state index in [0.29, 0.717) is 17.9 Å².